The third-order valence-corrected chi connectivity index (χ3v) is 4.48. The zero-order valence-corrected chi connectivity index (χ0v) is 15.3. The predicted octanol–water partition coefficient (Wildman–Crippen LogP) is 6.80. The van der Waals surface area contributed by atoms with E-state index in [-0.39, 0.29) is 6.07 Å². The number of hydrogen-bond donors (Lipinski definition) is 0. The summed E-state index contributed by atoms with van der Waals surface area (Å²) in [5.41, 5.74) is 1.12. The van der Waals surface area contributed by atoms with Crippen molar-refractivity contribution in [2.45, 2.75) is 39.0 Å². The Labute approximate surface area is 156 Å². The lowest BCUT2D eigenvalue weighted by Gasteiger charge is -2.05. The predicted molar refractivity (Wildman–Crippen MR) is 101 cm³/mol. The van der Waals surface area contributed by atoms with Crippen LogP contribution in [0.25, 0.3) is 6.08 Å². The molecule has 2 aromatic rings. The summed E-state index contributed by atoms with van der Waals surface area (Å²) in [5, 5.41) is 0. The number of aryl methyl sites for hydroxylation is 1. The second-order valence-corrected chi connectivity index (χ2v) is 6.53. The zero-order chi connectivity index (χ0) is 19.1. The van der Waals surface area contributed by atoms with Crippen LogP contribution < -0.4 is 0 Å². The molecular weight excluding hydrogens is 360 g/mol. The van der Waals surface area contributed by atoms with E-state index in [2.05, 4.69) is 6.92 Å². The topological polar surface area (TPSA) is 0 Å². The minimum Gasteiger partial charge on any atom is -0.204 e. The molecule has 0 radical (unpaired) electrons. The molecule has 0 spiro atoms. The van der Waals surface area contributed by atoms with E-state index in [1.54, 1.807) is 0 Å². The lowest BCUT2D eigenvalue weighted by atomic mass is 10.0. The average molecular weight is 380 g/mol. The van der Waals surface area contributed by atoms with Gasteiger partial charge < -0.3 is 0 Å². The van der Waals surface area contributed by atoms with E-state index < -0.39 is 28.8 Å². The molecule has 0 unspecified atom stereocenters. The van der Waals surface area contributed by atoms with Gasteiger partial charge in [0.1, 0.15) is 0 Å². The highest BCUT2D eigenvalue weighted by Gasteiger charge is 2.16. The molecular formula is C21H20F4S. The molecule has 0 atom stereocenters. The van der Waals surface area contributed by atoms with E-state index in [1.165, 1.54) is 30.9 Å². The maximum absolute atomic E-state index is 13.6. The van der Waals surface area contributed by atoms with Gasteiger partial charge in [-0.1, -0.05) is 62.7 Å². The average Bonchev–Trinajstić information content (AvgIpc) is 2.64. The van der Waals surface area contributed by atoms with E-state index in [9.17, 15) is 17.6 Å². The van der Waals surface area contributed by atoms with Crippen molar-refractivity contribution in [3.63, 3.8) is 0 Å². The Bertz CT molecular complexity index is 768. The van der Waals surface area contributed by atoms with Crippen molar-refractivity contribution in [3.05, 3.63) is 76.4 Å². The molecule has 0 aliphatic rings. The molecule has 0 aliphatic heterocycles. The van der Waals surface area contributed by atoms with Crippen LogP contribution in [-0.2, 0) is 6.42 Å². The van der Waals surface area contributed by atoms with Crippen LogP contribution in [0.5, 0.6) is 0 Å². The molecule has 2 rings (SSSR count). The van der Waals surface area contributed by atoms with Gasteiger partial charge in [0.25, 0.3) is 0 Å². The van der Waals surface area contributed by atoms with Gasteiger partial charge in [-0.2, -0.15) is 0 Å². The molecule has 2 aromatic carbocycles. The van der Waals surface area contributed by atoms with Crippen LogP contribution in [0.4, 0.5) is 17.6 Å². The minimum atomic E-state index is -1.44. The van der Waals surface area contributed by atoms with Gasteiger partial charge in [-0.15, -0.1) is 0 Å². The Hall–Kier alpha value is -2.01. The Kier molecular flexibility index (Phi) is 7.51. The SMILES string of the molecule is CCCCCCc1ccc(C(=S)C=Cc2c(F)c(F)cc(F)c2F)cc1. The Balaban J connectivity index is 2.07. The van der Waals surface area contributed by atoms with E-state index in [0.29, 0.717) is 10.4 Å². The molecule has 5 heteroatoms. The maximum atomic E-state index is 13.6. The highest BCUT2D eigenvalue weighted by molar-refractivity contribution is 7.81. The fraction of sp³-hybridized carbons (Fsp3) is 0.286. The molecule has 138 valence electrons. The molecule has 0 saturated heterocycles. The highest BCUT2D eigenvalue weighted by atomic mass is 32.1. The minimum absolute atomic E-state index is 0.180. The Morgan fingerprint density at radius 2 is 1.54 bits per heavy atom. The summed E-state index contributed by atoms with van der Waals surface area (Å²) >= 11 is 5.22. The molecule has 0 bridgehead atoms. The molecule has 0 saturated carbocycles. The smallest absolute Gasteiger partial charge is 0.169 e. The van der Waals surface area contributed by atoms with Gasteiger partial charge in [0, 0.05) is 10.9 Å². The molecule has 0 fully saturated rings. The number of benzene rings is 2. The summed E-state index contributed by atoms with van der Waals surface area (Å²) in [7, 11) is 0. The van der Waals surface area contributed by atoms with Gasteiger partial charge in [0.2, 0.25) is 0 Å². The van der Waals surface area contributed by atoms with E-state index in [0.717, 1.165) is 18.9 Å². The van der Waals surface area contributed by atoms with Crippen LogP contribution in [0.3, 0.4) is 0 Å². The summed E-state index contributed by atoms with van der Waals surface area (Å²) in [6.07, 6.45) is 7.95. The summed E-state index contributed by atoms with van der Waals surface area (Å²) < 4.78 is 53.7. The van der Waals surface area contributed by atoms with Crippen molar-refractivity contribution in [1.29, 1.82) is 0 Å². The fourth-order valence-electron chi connectivity index (χ4n) is 2.58. The third-order valence-electron chi connectivity index (χ3n) is 4.10. The largest absolute Gasteiger partial charge is 0.204 e. The first kappa shape index (κ1) is 20.3. The fourth-order valence-corrected chi connectivity index (χ4v) is 2.79. The number of hydrogen-bond acceptors (Lipinski definition) is 1. The van der Waals surface area contributed by atoms with Gasteiger partial charge in [0.15, 0.2) is 23.3 Å². The van der Waals surface area contributed by atoms with Crippen molar-refractivity contribution in [3.8, 4) is 0 Å². The zero-order valence-electron chi connectivity index (χ0n) is 14.5. The van der Waals surface area contributed by atoms with Gasteiger partial charge >= 0.3 is 0 Å². The normalized spacial score (nSPS) is 11.3. The number of unbranched alkanes of at least 4 members (excludes halogenated alkanes) is 3. The lowest BCUT2D eigenvalue weighted by Crippen LogP contribution is -1.99. The number of allylic oxidation sites excluding steroid dienone is 1. The third kappa shape index (κ3) is 5.24. The van der Waals surface area contributed by atoms with Gasteiger partial charge in [-0.05, 0) is 36.1 Å². The molecule has 26 heavy (non-hydrogen) atoms. The van der Waals surface area contributed by atoms with Crippen molar-refractivity contribution in [2.75, 3.05) is 0 Å². The summed E-state index contributed by atoms with van der Waals surface area (Å²) in [4.78, 5) is 0.325. The quantitative estimate of drug-likeness (QED) is 0.121. The number of rotatable bonds is 8. The molecule has 0 nitrogen and oxygen atoms in total. The van der Waals surface area contributed by atoms with Crippen LogP contribution in [0.15, 0.2) is 36.4 Å². The van der Waals surface area contributed by atoms with Crippen LogP contribution in [0.1, 0.15) is 49.3 Å². The molecule has 0 heterocycles. The van der Waals surface area contributed by atoms with Gasteiger partial charge in [-0.3, -0.25) is 0 Å². The van der Waals surface area contributed by atoms with Crippen LogP contribution in [0, 0.1) is 23.3 Å². The monoisotopic (exact) mass is 380 g/mol. The highest BCUT2D eigenvalue weighted by Crippen LogP contribution is 2.21. The van der Waals surface area contributed by atoms with Gasteiger partial charge in [-0.25, -0.2) is 17.6 Å². The molecule has 0 aromatic heterocycles. The second-order valence-electron chi connectivity index (χ2n) is 6.09. The number of thiocarbonyl (C=S) groups is 1. The Morgan fingerprint density at radius 3 is 2.12 bits per heavy atom. The van der Waals surface area contributed by atoms with E-state index in [1.807, 2.05) is 24.3 Å². The first-order valence-electron chi connectivity index (χ1n) is 8.58. The van der Waals surface area contributed by atoms with Gasteiger partial charge in [0.05, 0.1) is 5.56 Å². The van der Waals surface area contributed by atoms with E-state index in [4.69, 9.17) is 12.2 Å². The van der Waals surface area contributed by atoms with Crippen molar-refractivity contribution in [1.82, 2.24) is 0 Å². The molecule has 0 aliphatic carbocycles. The summed E-state index contributed by atoms with van der Waals surface area (Å²) in [6.45, 7) is 2.17. The summed E-state index contributed by atoms with van der Waals surface area (Å²) in [5.74, 6) is -5.76. The first-order chi connectivity index (χ1) is 12.4. The Morgan fingerprint density at radius 1 is 0.923 bits per heavy atom. The van der Waals surface area contributed by atoms with Crippen molar-refractivity contribution >= 4 is 23.2 Å². The van der Waals surface area contributed by atoms with Crippen LogP contribution in [-0.4, -0.2) is 4.86 Å². The number of halogens is 4. The van der Waals surface area contributed by atoms with Crippen LogP contribution >= 0.6 is 12.2 Å². The van der Waals surface area contributed by atoms with Crippen molar-refractivity contribution < 1.29 is 17.6 Å². The van der Waals surface area contributed by atoms with E-state index >= 15 is 0 Å². The first-order valence-corrected chi connectivity index (χ1v) is 8.99. The summed E-state index contributed by atoms with van der Waals surface area (Å²) in [6, 6.07) is 7.77. The maximum Gasteiger partial charge on any atom is 0.169 e. The van der Waals surface area contributed by atoms with Crippen molar-refractivity contribution in [2.24, 2.45) is 0 Å². The molecule has 0 amide bonds. The lowest BCUT2D eigenvalue weighted by molar-refractivity contribution is 0.451. The second kappa shape index (κ2) is 9.62. The molecule has 0 N–H and O–H groups in total. The van der Waals surface area contributed by atoms with Crippen LogP contribution in [0.2, 0.25) is 0 Å². The standard InChI is InChI=1S/C21H20F4S/c1-2-3-4-5-6-14-7-9-15(10-8-14)19(26)12-11-16-20(24)17(22)13-18(23)21(16)25/h7-13H,2-6H2,1H3.